The molecule has 0 saturated heterocycles. The van der Waals surface area contributed by atoms with Gasteiger partial charge >= 0.3 is 0 Å². The average Bonchev–Trinajstić information content (AvgIpc) is 3.49. The number of hydrogen-bond acceptors (Lipinski definition) is 4. The number of aromatic nitrogens is 1. The Labute approximate surface area is 204 Å². The Morgan fingerprint density at radius 3 is 2.64 bits per heavy atom. The van der Waals surface area contributed by atoms with Crippen LogP contribution in [0.15, 0.2) is 60.7 Å². The molecule has 5 nitrogen and oxygen atoms in total. The highest BCUT2D eigenvalue weighted by Gasteiger charge is 2.44. The van der Waals surface area contributed by atoms with E-state index in [-0.39, 0.29) is 23.7 Å². The van der Waals surface area contributed by atoms with Crippen molar-refractivity contribution < 1.29 is 9.59 Å². The summed E-state index contributed by atoms with van der Waals surface area (Å²) in [5.41, 5.74) is 3.78. The maximum Gasteiger partial charge on any atom is 0.255 e. The number of halogens is 2. The minimum atomic E-state index is -0.255. The second-order valence-corrected chi connectivity index (χ2v) is 9.95. The van der Waals surface area contributed by atoms with Crippen LogP contribution in [-0.4, -0.2) is 16.8 Å². The van der Waals surface area contributed by atoms with Crippen LogP contribution in [0.3, 0.4) is 0 Å². The molecule has 8 heteroatoms. The summed E-state index contributed by atoms with van der Waals surface area (Å²) in [7, 11) is 0. The van der Waals surface area contributed by atoms with Crippen LogP contribution < -0.4 is 10.6 Å². The van der Waals surface area contributed by atoms with E-state index in [1.54, 1.807) is 24.3 Å². The van der Waals surface area contributed by atoms with Gasteiger partial charge in [0, 0.05) is 16.5 Å². The van der Waals surface area contributed by atoms with Crippen LogP contribution in [0.1, 0.15) is 33.8 Å². The fraction of sp³-hybridized carbons (Fsp3) is 0.160. The molecule has 1 aromatic heterocycles. The molecule has 0 radical (unpaired) electrons. The number of aryl methyl sites for hydroxylation is 1. The molecule has 5 rings (SSSR count). The van der Waals surface area contributed by atoms with Crippen molar-refractivity contribution in [1.82, 2.24) is 4.98 Å². The number of benzene rings is 3. The van der Waals surface area contributed by atoms with Gasteiger partial charge in [0.1, 0.15) is 0 Å². The van der Waals surface area contributed by atoms with Gasteiger partial charge in [0.15, 0.2) is 5.13 Å². The quantitative estimate of drug-likeness (QED) is 0.316. The third-order valence-corrected chi connectivity index (χ3v) is 7.23. The molecule has 0 bridgehead atoms. The number of fused-ring (bicyclic) bond motifs is 1. The highest BCUT2D eigenvalue weighted by Crippen LogP contribution is 2.48. The first kappa shape index (κ1) is 21.9. The number of carbonyl (C=O) groups is 2. The Morgan fingerprint density at radius 1 is 1.03 bits per heavy atom. The van der Waals surface area contributed by atoms with Gasteiger partial charge in [-0.3, -0.25) is 9.59 Å². The van der Waals surface area contributed by atoms with Crippen LogP contribution in [0, 0.1) is 12.8 Å². The van der Waals surface area contributed by atoms with Gasteiger partial charge in [-0.2, -0.15) is 0 Å². The van der Waals surface area contributed by atoms with Gasteiger partial charge in [-0.05, 0) is 66.8 Å². The van der Waals surface area contributed by atoms with E-state index in [1.165, 1.54) is 11.3 Å². The molecule has 166 valence electrons. The molecule has 3 aromatic carbocycles. The second-order valence-electron chi connectivity index (χ2n) is 8.08. The summed E-state index contributed by atoms with van der Waals surface area (Å²) in [6, 6.07) is 18.4. The van der Waals surface area contributed by atoms with E-state index in [2.05, 4.69) is 15.6 Å². The van der Waals surface area contributed by atoms with Crippen molar-refractivity contribution in [1.29, 1.82) is 0 Å². The topological polar surface area (TPSA) is 71.1 Å². The molecule has 2 N–H and O–H groups in total. The number of amides is 2. The van der Waals surface area contributed by atoms with Crippen LogP contribution in [0.4, 0.5) is 10.8 Å². The lowest BCUT2D eigenvalue weighted by Gasteiger charge is -2.10. The minimum Gasteiger partial charge on any atom is -0.320 e. The summed E-state index contributed by atoms with van der Waals surface area (Å²) in [6.45, 7) is 1.89. The first-order chi connectivity index (χ1) is 15.9. The van der Waals surface area contributed by atoms with E-state index in [1.807, 2.05) is 43.3 Å². The molecular weight excluding hydrogens is 477 g/mol. The Hall–Kier alpha value is -2.93. The molecule has 1 aliphatic carbocycles. The predicted octanol–water partition coefficient (Wildman–Crippen LogP) is 6.91. The lowest BCUT2D eigenvalue weighted by atomic mass is 10.1. The summed E-state index contributed by atoms with van der Waals surface area (Å²) >= 11 is 13.6. The number of rotatable bonds is 5. The van der Waals surface area contributed by atoms with E-state index in [4.69, 9.17) is 23.2 Å². The van der Waals surface area contributed by atoms with E-state index >= 15 is 0 Å². The van der Waals surface area contributed by atoms with Crippen molar-refractivity contribution >= 4 is 67.4 Å². The Kier molecular flexibility index (Phi) is 5.83. The molecule has 4 aromatic rings. The predicted molar refractivity (Wildman–Crippen MR) is 135 cm³/mol. The molecule has 0 spiro atoms. The number of carbonyl (C=O) groups excluding carboxylic acids is 2. The van der Waals surface area contributed by atoms with Gasteiger partial charge < -0.3 is 10.6 Å². The van der Waals surface area contributed by atoms with Crippen LogP contribution >= 0.6 is 34.5 Å². The zero-order chi connectivity index (χ0) is 23.1. The van der Waals surface area contributed by atoms with Crippen LogP contribution in [0.2, 0.25) is 10.0 Å². The highest BCUT2D eigenvalue weighted by molar-refractivity contribution is 7.22. The molecule has 2 unspecified atom stereocenters. The van der Waals surface area contributed by atoms with E-state index in [0.717, 1.165) is 27.8 Å². The van der Waals surface area contributed by atoms with Crippen molar-refractivity contribution in [2.24, 2.45) is 5.92 Å². The summed E-state index contributed by atoms with van der Waals surface area (Å²) in [4.78, 5) is 30.0. The van der Waals surface area contributed by atoms with Gasteiger partial charge in [-0.1, -0.05) is 58.8 Å². The summed E-state index contributed by atoms with van der Waals surface area (Å²) in [5, 5.41) is 7.49. The Morgan fingerprint density at radius 2 is 1.85 bits per heavy atom. The van der Waals surface area contributed by atoms with Crippen molar-refractivity contribution in [3.8, 4) is 0 Å². The minimum absolute atomic E-state index is 0.0498. The average molecular weight is 496 g/mol. The van der Waals surface area contributed by atoms with Gasteiger partial charge in [-0.15, -0.1) is 0 Å². The number of para-hydroxylation sites is 1. The molecule has 2 atom stereocenters. The van der Waals surface area contributed by atoms with Crippen LogP contribution in [0.25, 0.3) is 10.2 Å². The number of hydrogen-bond donors (Lipinski definition) is 2. The van der Waals surface area contributed by atoms with Crippen LogP contribution in [-0.2, 0) is 4.79 Å². The smallest absolute Gasteiger partial charge is 0.255 e. The standard InChI is InChI=1S/C25H19Cl2N3O2S/c1-13-4-2-7-19(27)22(13)29-23(31)15-8-9-20-21(11-15)33-25(28-20)30-24(32)18-12-17(18)14-5-3-6-16(26)10-14/h2-11,17-18H,12H2,1H3,(H,29,31)(H,28,30,32). The monoisotopic (exact) mass is 495 g/mol. The summed E-state index contributed by atoms with van der Waals surface area (Å²) in [6.07, 6.45) is 0.794. The number of anilines is 2. The first-order valence-corrected chi connectivity index (χ1v) is 12.0. The van der Waals surface area contributed by atoms with Gasteiger partial charge in [-0.25, -0.2) is 4.98 Å². The van der Waals surface area contributed by atoms with Crippen molar-refractivity contribution in [2.45, 2.75) is 19.3 Å². The zero-order valence-electron chi connectivity index (χ0n) is 17.6. The molecule has 1 fully saturated rings. The highest BCUT2D eigenvalue weighted by atomic mass is 35.5. The molecule has 2 amide bonds. The summed E-state index contributed by atoms with van der Waals surface area (Å²) < 4.78 is 0.816. The Balaban J connectivity index is 1.28. The van der Waals surface area contributed by atoms with Gasteiger partial charge in [0.2, 0.25) is 5.91 Å². The maximum absolute atomic E-state index is 12.8. The maximum atomic E-state index is 12.8. The van der Waals surface area contributed by atoms with Crippen molar-refractivity contribution in [2.75, 3.05) is 10.6 Å². The Bertz CT molecular complexity index is 1380. The lowest BCUT2D eigenvalue weighted by Crippen LogP contribution is -2.14. The number of thiazole rings is 1. The van der Waals surface area contributed by atoms with E-state index in [0.29, 0.717) is 26.4 Å². The van der Waals surface area contributed by atoms with Crippen molar-refractivity contribution in [3.05, 3.63) is 87.4 Å². The molecule has 1 aliphatic rings. The SMILES string of the molecule is Cc1cccc(Cl)c1NC(=O)c1ccc2nc(NC(=O)C3CC3c3cccc(Cl)c3)sc2c1. The molecule has 1 heterocycles. The van der Waals surface area contributed by atoms with E-state index in [9.17, 15) is 9.59 Å². The fourth-order valence-corrected chi connectivity index (χ4v) is 5.26. The fourth-order valence-electron chi connectivity index (χ4n) is 3.88. The number of nitrogens with zero attached hydrogens (tertiary/aromatic N) is 1. The van der Waals surface area contributed by atoms with Gasteiger partial charge in [0.25, 0.3) is 5.91 Å². The largest absolute Gasteiger partial charge is 0.320 e. The third kappa shape index (κ3) is 4.60. The van der Waals surface area contributed by atoms with Crippen molar-refractivity contribution in [3.63, 3.8) is 0 Å². The first-order valence-electron chi connectivity index (χ1n) is 10.4. The molecular formula is C25H19Cl2N3O2S. The molecule has 33 heavy (non-hydrogen) atoms. The van der Waals surface area contributed by atoms with E-state index < -0.39 is 0 Å². The molecule has 0 aliphatic heterocycles. The molecule has 1 saturated carbocycles. The normalized spacial score (nSPS) is 17.1. The third-order valence-electron chi connectivity index (χ3n) is 5.75. The second kappa shape index (κ2) is 8.78. The number of nitrogens with one attached hydrogen (secondary N) is 2. The van der Waals surface area contributed by atoms with Gasteiger partial charge in [0.05, 0.1) is 20.9 Å². The lowest BCUT2D eigenvalue weighted by molar-refractivity contribution is -0.117. The summed E-state index contributed by atoms with van der Waals surface area (Å²) in [5.74, 6) is -0.210. The zero-order valence-corrected chi connectivity index (χ0v) is 19.9. The van der Waals surface area contributed by atoms with Crippen LogP contribution in [0.5, 0.6) is 0 Å².